The Hall–Kier alpha value is -1.55. The van der Waals surface area contributed by atoms with E-state index in [1.807, 2.05) is 13.0 Å². The molecule has 0 aliphatic carbocycles. The number of hydrogen-bond donors (Lipinski definition) is 3. The molecule has 0 aromatic heterocycles. The summed E-state index contributed by atoms with van der Waals surface area (Å²) in [4.78, 5) is 11.8. The fraction of sp³-hybridized carbons (Fsp3) is 0.417. The molecule has 0 heterocycles. The van der Waals surface area contributed by atoms with Crippen LogP contribution in [0.4, 0.5) is 0 Å². The van der Waals surface area contributed by atoms with Crippen LogP contribution in [0.5, 0.6) is 5.75 Å². The van der Waals surface area contributed by atoms with Crippen LogP contribution >= 0.6 is 0 Å². The summed E-state index contributed by atoms with van der Waals surface area (Å²) in [6.07, 6.45) is 0. The monoisotopic (exact) mass is 223 g/mol. The van der Waals surface area contributed by atoms with E-state index in [9.17, 15) is 9.90 Å². The zero-order chi connectivity index (χ0) is 12.3. The largest absolute Gasteiger partial charge is 0.507 e. The molecular weight excluding hydrogens is 206 g/mol. The topological polar surface area (TPSA) is 69.6 Å². The first-order valence-electron chi connectivity index (χ1n) is 5.17. The van der Waals surface area contributed by atoms with Gasteiger partial charge < -0.3 is 15.5 Å². The van der Waals surface area contributed by atoms with Crippen molar-refractivity contribution in [1.82, 2.24) is 5.32 Å². The number of aliphatic hydroxyl groups excluding tert-OH is 1. The van der Waals surface area contributed by atoms with Crippen LogP contribution < -0.4 is 5.32 Å². The van der Waals surface area contributed by atoms with Gasteiger partial charge in [0.25, 0.3) is 5.91 Å². The predicted molar refractivity (Wildman–Crippen MR) is 61.6 cm³/mol. The quantitative estimate of drug-likeness (QED) is 0.719. The fourth-order valence-corrected chi connectivity index (χ4v) is 1.48. The number of aryl methyl sites for hydroxylation is 2. The van der Waals surface area contributed by atoms with Gasteiger partial charge in [-0.3, -0.25) is 4.79 Å². The summed E-state index contributed by atoms with van der Waals surface area (Å²) in [5.41, 5.74) is 1.83. The van der Waals surface area contributed by atoms with Crippen LogP contribution in [0.15, 0.2) is 12.1 Å². The minimum absolute atomic E-state index is 0.00626. The number of carbonyl (C=O) groups excluding carboxylic acids is 1. The second-order valence-corrected chi connectivity index (χ2v) is 4.04. The molecule has 1 unspecified atom stereocenters. The van der Waals surface area contributed by atoms with E-state index in [1.165, 1.54) is 0 Å². The maximum atomic E-state index is 11.8. The maximum absolute atomic E-state index is 11.8. The van der Waals surface area contributed by atoms with Gasteiger partial charge in [0.15, 0.2) is 0 Å². The Balaban J connectivity index is 2.99. The van der Waals surface area contributed by atoms with Crippen molar-refractivity contribution in [2.24, 2.45) is 0 Å². The molecule has 1 atom stereocenters. The van der Waals surface area contributed by atoms with Crippen molar-refractivity contribution >= 4 is 5.91 Å². The zero-order valence-electron chi connectivity index (χ0n) is 9.74. The number of benzene rings is 1. The second kappa shape index (κ2) is 4.99. The van der Waals surface area contributed by atoms with Crippen molar-refractivity contribution in [3.05, 3.63) is 28.8 Å². The van der Waals surface area contributed by atoms with Gasteiger partial charge in [0, 0.05) is 6.04 Å². The first-order chi connectivity index (χ1) is 7.45. The van der Waals surface area contributed by atoms with Gasteiger partial charge in [-0.15, -0.1) is 0 Å². The van der Waals surface area contributed by atoms with Crippen molar-refractivity contribution in [2.75, 3.05) is 6.61 Å². The summed E-state index contributed by atoms with van der Waals surface area (Å²) < 4.78 is 0. The summed E-state index contributed by atoms with van der Waals surface area (Å²) in [6, 6.07) is 3.11. The Morgan fingerprint density at radius 3 is 2.62 bits per heavy atom. The molecule has 3 N–H and O–H groups in total. The third-order valence-electron chi connectivity index (χ3n) is 2.34. The molecule has 16 heavy (non-hydrogen) atoms. The Kier molecular flexibility index (Phi) is 3.90. The van der Waals surface area contributed by atoms with E-state index < -0.39 is 0 Å². The van der Waals surface area contributed by atoms with Crippen molar-refractivity contribution in [2.45, 2.75) is 26.8 Å². The van der Waals surface area contributed by atoms with Gasteiger partial charge >= 0.3 is 0 Å². The molecule has 0 fully saturated rings. The lowest BCUT2D eigenvalue weighted by Gasteiger charge is -2.13. The summed E-state index contributed by atoms with van der Waals surface area (Å²) in [5.74, 6) is -0.376. The molecule has 1 aromatic carbocycles. The Morgan fingerprint density at radius 2 is 2.06 bits per heavy atom. The number of hydrogen-bond acceptors (Lipinski definition) is 3. The molecule has 0 saturated carbocycles. The molecule has 4 nitrogen and oxygen atoms in total. The van der Waals surface area contributed by atoms with E-state index in [1.54, 1.807) is 19.9 Å². The lowest BCUT2D eigenvalue weighted by atomic mass is 10.0. The molecule has 1 amide bonds. The molecule has 0 spiro atoms. The summed E-state index contributed by atoms with van der Waals surface area (Å²) in [5, 5.41) is 21.2. The molecule has 0 bridgehead atoms. The van der Waals surface area contributed by atoms with E-state index in [0.717, 1.165) is 5.56 Å². The van der Waals surface area contributed by atoms with Gasteiger partial charge in [-0.1, -0.05) is 6.07 Å². The fourth-order valence-electron chi connectivity index (χ4n) is 1.48. The second-order valence-electron chi connectivity index (χ2n) is 4.04. The van der Waals surface area contributed by atoms with Gasteiger partial charge in [0.2, 0.25) is 0 Å². The number of amides is 1. The molecule has 88 valence electrons. The Labute approximate surface area is 94.9 Å². The average Bonchev–Trinajstić information content (AvgIpc) is 2.22. The molecule has 4 heteroatoms. The number of phenols is 1. The summed E-state index contributed by atoms with van der Waals surface area (Å²) in [6.45, 7) is 5.17. The highest BCUT2D eigenvalue weighted by Crippen LogP contribution is 2.23. The SMILES string of the molecule is Cc1cc(C)c(O)c(C(=O)NC(C)CO)c1. The van der Waals surface area contributed by atoms with Gasteiger partial charge in [-0.25, -0.2) is 0 Å². The standard InChI is InChI=1S/C12H17NO3/c1-7-4-8(2)11(15)10(5-7)12(16)13-9(3)6-14/h4-5,9,14-15H,6H2,1-3H3,(H,13,16). The lowest BCUT2D eigenvalue weighted by Crippen LogP contribution is -2.35. The minimum atomic E-state index is -0.370. The van der Waals surface area contributed by atoms with Crippen LogP contribution in [0, 0.1) is 13.8 Å². The summed E-state index contributed by atoms with van der Waals surface area (Å²) >= 11 is 0. The number of aromatic hydroxyl groups is 1. The van der Waals surface area contributed by atoms with E-state index in [2.05, 4.69) is 5.32 Å². The van der Waals surface area contributed by atoms with Gasteiger partial charge in [0.05, 0.1) is 12.2 Å². The highest BCUT2D eigenvalue weighted by atomic mass is 16.3. The lowest BCUT2D eigenvalue weighted by molar-refractivity contribution is 0.0919. The molecule has 1 aromatic rings. The molecular formula is C12H17NO3. The smallest absolute Gasteiger partial charge is 0.255 e. The predicted octanol–water partition coefficient (Wildman–Crippen LogP) is 1.12. The number of aliphatic hydroxyl groups is 1. The van der Waals surface area contributed by atoms with Crippen molar-refractivity contribution < 1.29 is 15.0 Å². The average molecular weight is 223 g/mol. The highest BCUT2D eigenvalue weighted by molar-refractivity contribution is 5.97. The normalized spacial score (nSPS) is 12.2. The van der Waals surface area contributed by atoms with Crippen molar-refractivity contribution in [1.29, 1.82) is 0 Å². The highest BCUT2D eigenvalue weighted by Gasteiger charge is 2.15. The van der Waals surface area contributed by atoms with E-state index >= 15 is 0 Å². The van der Waals surface area contributed by atoms with Crippen LogP contribution in [-0.4, -0.2) is 28.8 Å². The third kappa shape index (κ3) is 2.73. The summed E-state index contributed by atoms with van der Waals surface area (Å²) in [7, 11) is 0. The molecule has 0 saturated heterocycles. The number of carbonyl (C=O) groups is 1. The van der Waals surface area contributed by atoms with Crippen molar-refractivity contribution in [3.63, 3.8) is 0 Å². The maximum Gasteiger partial charge on any atom is 0.255 e. The van der Waals surface area contributed by atoms with Gasteiger partial charge in [0.1, 0.15) is 5.75 Å². The van der Waals surface area contributed by atoms with Crippen LogP contribution in [0.1, 0.15) is 28.4 Å². The van der Waals surface area contributed by atoms with Crippen molar-refractivity contribution in [3.8, 4) is 5.75 Å². The molecule has 0 aliphatic rings. The minimum Gasteiger partial charge on any atom is -0.507 e. The Morgan fingerprint density at radius 1 is 1.44 bits per heavy atom. The first-order valence-corrected chi connectivity index (χ1v) is 5.17. The van der Waals surface area contributed by atoms with Crippen LogP contribution in [0.3, 0.4) is 0 Å². The van der Waals surface area contributed by atoms with Gasteiger partial charge in [-0.05, 0) is 38.0 Å². The number of rotatable bonds is 3. The number of nitrogens with one attached hydrogen (secondary N) is 1. The molecule has 1 rings (SSSR count). The van der Waals surface area contributed by atoms with Gasteiger partial charge in [-0.2, -0.15) is 0 Å². The van der Waals surface area contributed by atoms with Crippen LogP contribution in [-0.2, 0) is 0 Å². The molecule has 0 aliphatic heterocycles. The molecule has 0 radical (unpaired) electrons. The Bertz CT molecular complexity index is 401. The zero-order valence-corrected chi connectivity index (χ0v) is 9.74. The van der Waals surface area contributed by atoms with E-state index in [4.69, 9.17) is 5.11 Å². The van der Waals surface area contributed by atoms with Crippen LogP contribution in [0.25, 0.3) is 0 Å². The number of phenolic OH excluding ortho intramolecular Hbond substituents is 1. The van der Waals surface area contributed by atoms with E-state index in [0.29, 0.717) is 5.56 Å². The first kappa shape index (κ1) is 12.5. The van der Waals surface area contributed by atoms with E-state index in [-0.39, 0.29) is 29.9 Å². The van der Waals surface area contributed by atoms with Crippen LogP contribution in [0.2, 0.25) is 0 Å². The third-order valence-corrected chi connectivity index (χ3v) is 2.34.